The third-order valence-corrected chi connectivity index (χ3v) is 6.23. The molecule has 2 aromatic heterocycles. The number of aromatic nitrogens is 2. The molecule has 0 N–H and O–H groups in total. The molecule has 5 rings (SSSR count). The highest BCUT2D eigenvalue weighted by Crippen LogP contribution is 2.37. The van der Waals surface area contributed by atoms with Gasteiger partial charge in [0.15, 0.2) is 11.6 Å². The van der Waals surface area contributed by atoms with Crippen molar-refractivity contribution in [3.05, 3.63) is 69.9 Å². The summed E-state index contributed by atoms with van der Waals surface area (Å²) in [5.74, 6) is 1.52. The largest absolute Gasteiger partial charge is 0.360 e. The minimum atomic E-state index is -0.0921. The van der Waals surface area contributed by atoms with Gasteiger partial charge in [-0.05, 0) is 23.3 Å². The van der Waals surface area contributed by atoms with Gasteiger partial charge in [0.1, 0.15) is 11.5 Å². The summed E-state index contributed by atoms with van der Waals surface area (Å²) in [5, 5.41) is 8.33. The fourth-order valence-electron chi connectivity index (χ4n) is 4.81. The minimum absolute atomic E-state index is 0.0683. The van der Waals surface area contributed by atoms with Crippen LogP contribution < -0.4 is 0 Å². The molecule has 0 fully saturated rings. The van der Waals surface area contributed by atoms with E-state index in [0.29, 0.717) is 60.4 Å². The quantitative estimate of drug-likeness (QED) is 0.636. The van der Waals surface area contributed by atoms with Crippen molar-refractivity contribution in [1.82, 2.24) is 10.3 Å². The van der Waals surface area contributed by atoms with Crippen LogP contribution in [0.25, 0.3) is 0 Å². The Bertz CT molecular complexity index is 1120. The molecule has 1 atom stereocenters. The van der Waals surface area contributed by atoms with E-state index in [4.69, 9.17) is 9.05 Å². The number of hydrogen-bond donors (Lipinski definition) is 0. The second-order valence-electron chi connectivity index (χ2n) is 9.23. The molecule has 6 heteroatoms. The first-order valence-corrected chi connectivity index (χ1v) is 10.5. The van der Waals surface area contributed by atoms with Crippen molar-refractivity contribution in [2.24, 2.45) is 5.41 Å². The molecule has 2 heterocycles. The Kier molecular flexibility index (Phi) is 4.45. The van der Waals surface area contributed by atoms with Gasteiger partial charge in [-0.2, -0.15) is 0 Å². The number of fused-ring (bicyclic) bond motifs is 2. The molecule has 1 unspecified atom stereocenters. The Morgan fingerprint density at radius 2 is 1.73 bits per heavy atom. The smallest absolute Gasteiger partial charge is 0.168 e. The molecule has 0 spiro atoms. The summed E-state index contributed by atoms with van der Waals surface area (Å²) in [6.45, 7) is 4.14. The molecular formula is C24H24N2O4. The van der Waals surface area contributed by atoms with Crippen LogP contribution in [0.15, 0.2) is 39.4 Å². The van der Waals surface area contributed by atoms with E-state index in [-0.39, 0.29) is 22.9 Å². The fourth-order valence-corrected chi connectivity index (χ4v) is 4.81. The maximum absolute atomic E-state index is 12.9. The van der Waals surface area contributed by atoms with Gasteiger partial charge in [-0.1, -0.05) is 54.5 Å². The number of aryl methyl sites for hydroxylation is 2. The van der Waals surface area contributed by atoms with E-state index in [2.05, 4.69) is 24.2 Å². The molecular weight excluding hydrogens is 380 g/mol. The third kappa shape index (κ3) is 3.30. The van der Waals surface area contributed by atoms with E-state index < -0.39 is 0 Å². The first-order chi connectivity index (χ1) is 14.4. The van der Waals surface area contributed by atoms with E-state index >= 15 is 0 Å². The summed E-state index contributed by atoms with van der Waals surface area (Å²) in [5.41, 5.74) is 3.69. The zero-order valence-electron chi connectivity index (χ0n) is 17.2. The monoisotopic (exact) mass is 404 g/mol. The lowest BCUT2D eigenvalue weighted by Gasteiger charge is -2.26. The van der Waals surface area contributed by atoms with E-state index in [1.807, 2.05) is 30.3 Å². The van der Waals surface area contributed by atoms with Crippen molar-refractivity contribution < 1.29 is 18.6 Å². The highest BCUT2D eigenvalue weighted by molar-refractivity contribution is 6.00. The van der Waals surface area contributed by atoms with Gasteiger partial charge in [0.25, 0.3) is 0 Å². The van der Waals surface area contributed by atoms with E-state index in [1.165, 1.54) is 0 Å². The predicted octanol–water partition coefficient (Wildman–Crippen LogP) is 4.52. The Labute approximate surface area is 174 Å². The van der Waals surface area contributed by atoms with Gasteiger partial charge in [0.05, 0.1) is 22.5 Å². The van der Waals surface area contributed by atoms with Crippen molar-refractivity contribution in [3.8, 4) is 0 Å². The number of ketones is 2. The zero-order valence-corrected chi connectivity index (χ0v) is 17.2. The second kappa shape index (κ2) is 7.04. The topological polar surface area (TPSA) is 86.2 Å². The van der Waals surface area contributed by atoms with Crippen LogP contribution in [0.2, 0.25) is 0 Å². The number of rotatable bonds is 4. The summed E-state index contributed by atoms with van der Waals surface area (Å²) in [7, 11) is 0. The average molecular weight is 404 g/mol. The third-order valence-electron chi connectivity index (χ3n) is 6.23. The van der Waals surface area contributed by atoms with Crippen molar-refractivity contribution in [1.29, 1.82) is 0 Å². The Hall–Kier alpha value is -3.02. The highest BCUT2D eigenvalue weighted by Gasteiger charge is 2.37. The number of Topliss-reactive ketones (excluding diaryl/α,β-unsaturated/α-hetero) is 2. The first-order valence-electron chi connectivity index (χ1n) is 10.5. The molecule has 0 amide bonds. The molecule has 0 saturated heterocycles. The molecule has 3 aromatic rings. The normalized spacial score (nSPS) is 20.1. The van der Waals surface area contributed by atoms with Crippen LogP contribution in [0.4, 0.5) is 0 Å². The van der Waals surface area contributed by atoms with Crippen LogP contribution in [-0.2, 0) is 25.7 Å². The highest BCUT2D eigenvalue weighted by atomic mass is 16.5. The van der Waals surface area contributed by atoms with E-state index in [0.717, 1.165) is 17.7 Å². The number of carbonyl (C=O) groups excluding carboxylic acids is 2. The van der Waals surface area contributed by atoms with Gasteiger partial charge < -0.3 is 9.05 Å². The Morgan fingerprint density at radius 1 is 0.933 bits per heavy atom. The maximum atomic E-state index is 12.9. The predicted molar refractivity (Wildman–Crippen MR) is 109 cm³/mol. The van der Waals surface area contributed by atoms with Crippen molar-refractivity contribution in [2.75, 3.05) is 0 Å². The minimum Gasteiger partial charge on any atom is -0.360 e. The van der Waals surface area contributed by atoms with Gasteiger partial charge >= 0.3 is 0 Å². The second-order valence-corrected chi connectivity index (χ2v) is 9.23. The Morgan fingerprint density at radius 3 is 2.53 bits per heavy atom. The molecule has 6 nitrogen and oxygen atoms in total. The molecule has 0 aliphatic heterocycles. The van der Waals surface area contributed by atoms with Gasteiger partial charge in [-0.3, -0.25) is 9.59 Å². The molecule has 0 bridgehead atoms. The zero-order chi connectivity index (χ0) is 20.9. The van der Waals surface area contributed by atoms with Crippen molar-refractivity contribution >= 4 is 11.6 Å². The number of hydrogen-bond acceptors (Lipinski definition) is 6. The van der Waals surface area contributed by atoms with Gasteiger partial charge in [-0.15, -0.1) is 0 Å². The van der Waals surface area contributed by atoms with E-state index in [9.17, 15) is 9.59 Å². The number of carbonyl (C=O) groups is 2. The summed E-state index contributed by atoms with van der Waals surface area (Å²) in [6, 6.07) is 10.0. The summed E-state index contributed by atoms with van der Waals surface area (Å²) in [6.07, 6.45) is 3.31. The fraction of sp³-hybridized carbons (Fsp3) is 0.417. The van der Waals surface area contributed by atoms with E-state index in [1.54, 1.807) is 0 Å². The lowest BCUT2D eigenvalue weighted by Crippen LogP contribution is -2.27. The molecule has 2 aliphatic carbocycles. The molecule has 154 valence electrons. The number of nitrogens with zero attached hydrogens (tertiary/aromatic N) is 2. The summed E-state index contributed by atoms with van der Waals surface area (Å²) in [4.78, 5) is 25.5. The molecule has 2 aliphatic rings. The first kappa shape index (κ1) is 19.0. The lowest BCUT2D eigenvalue weighted by molar-refractivity contribution is 0.0909. The molecule has 0 radical (unpaired) electrons. The average Bonchev–Trinajstić information content (AvgIpc) is 3.30. The van der Waals surface area contributed by atoms with Crippen LogP contribution in [-0.4, -0.2) is 21.9 Å². The van der Waals surface area contributed by atoms with Gasteiger partial charge in [0.2, 0.25) is 0 Å². The van der Waals surface area contributed by atoms with Crippen LogP contribution in [0.5, 0.6) is 0 Å². The lowest BCUT2D eigenvalue weighted by atomic mass is 9.75. The van der Waals surface area contributed by atoms with Crippen molar-refractivity contribution in [2.45, 2.75) is 58.3 Å². The van der Waals surface area contributed by atoms with Crippen molar-refractivity contribution in [3.63, 3.8) is 0 Å². The van der Waals surface area contributed by atoms with Crippen LogP contribution >= 0.6 is 0 Å². The molecule has 1 aromatic carbocycles. The van der Waals surface area contributed by atoms with Crippen LogP contribution in [0.3, 0.4) is 0 Å². The molecule has 0 saturated carbocycles. The Balaban J connectivity index is 1.35. The number of benzene rings is 1. The summed E-state index contributed by atoms with van der Waals surface area (Å²) >= 11 is 0. The SMILES string of the molecule is CC1(C)CC(=O)c2c(noc2CCc2noc3c2C(=O)CC(c2ccccc2)C3)C1. The van der Waals surface area contributed by atoms with Gasteiger partial charge in [0, 0.05) is 32.1 Å². The standard InChI is InChI=1S/C24H24N2O4/c1-24(2)12-17-23(19(28)13-24)20(29-26-17)9-8-16-22-18(27)10-15(11-21(22)30-25-16)14-6-4-3-5-7-14/h3-7,15H,8-13H2,1-2H3. The van der Waals surface area contributed by atoms with Crippen LogP contribution in [0.1, 0.15) is 81.8 Å². The summed E-state index contributed by atoms with van der Waals surface area (Å²) < 4.78 is 11.1. The maximum Gasteiger partial charge on any atom is 0.168 e. The molecule has 30 heavy (non-hydrogen) atoms. The van der Waals surface area contributed by atoms with Crippen LogP contribution in [0, 0.1) is 5.41 Å². The van der Waals surface area contributed by atoms with Gasteiger partial charge in [-0.25, -0.2) is 0 Å².